The third kappa shape index (κ3) is 3.75. The molecule has 43 heavy (non-hydrogen) atoms. The third-order valence-corrected chi connectivity index (χ3v) is 8.60. The Morgan fingerprint density at radius 3 is 1.63 bits per heavy atom. The highest BCUT2D eigenvalue weighted by molar-refractivity contribution is 6.23. The van der Waals surface area contributed by atoms with Gasteiger partial charge in [0.05, 0.1) is 11.0 Å². The van der Waals surface area contributed by atoms with Crippen molar-refractivity contribution >= 4 is 54.5 Å². The first-order valence-electron chi connectivity index (χ1n) is 14.5. The zero-order chi connectivity index (χ0) is 28.3. The van der Waals surface area contributed by atoms with Gasteiger partial charge in [-0.15, -0.1) is 0 Å². The molecule has 0 aliphatic rings. The van der Waals surface area contributed by atoms with E-state index < -0.39 is 0 Å². The number of benzene rings is 7. The molecule has 7 aromatic carbocycles. The Labute approximate surface area is 247 Å². The van der Waals surface area contributed by atoms with E-state index in [1.165, 1.54) is 33.0 Å². The molecule has 0 aliphatic heterocycles. The van der Waals surface area contributed by atoms with E-state index in [0.717, 1.165) is 54.9 Å². The molecule has 0 bridgehead atoms. The number of nitrogens with zero attached hydrogens (tertiary/aromatic N) is 2. The van der Waals surface area contributed by atoms with Gasteiger partial charge in [0.15, 0.2) is 0 Å². The van der Waals surface area contributed by atoms with Gasteiger partial charge in [0.2, 0.25) is 0 Å². The molecule has 0 atom stereocenters. The van der Waals surface area contributed by atoms with Gasteiger partial charge in [0, 0.05) is 39.5 Å². The van der Waals surface area contributed by atoms with Crippen LogP contribution < -0.4 is 0 Å². The van der Waals surface area contributed by atoms with Crippen molar-refractivity contribution in [3.05, 3.63) is 146 Å². The smallest absolute Gasteiger partial charge is 0.143 e. The molecule has 9 rings (SSSR count). The molecule has 0 spiro atoms. The van der Waals surface area contributed by atoms with E-state index in [0.29, 0.717) is 0 Å². The molecule has 0 unspecified atom stereocenters. The minimum atomic E-state index is 0.920. The lowest BCUT2D eigenvalue weighted by molar-refractivity contribution is 0.670. The van der Waals surface area contributed by atoms with Crippen molar-refractivity contribution in [2.45, 2.75) is 0 Å². The summed E-state index contributed by atoms with van der Waals surface area (Å²) < 4.78 is 6.27. The van der Waals surface area contributed by atoms with Crippen LogP contribution >= 0.6 is 0 Å². The quantitative estimate of drug-likeness (QED) is 0.206. The minimum Gasteiger partial charge on any atom is -0.455 e. The highest BCUT2D eigenvalue weighted by atomic mass is 16.3. The molecule has 2 aromatic heterocycles. The van der Waals surface area contributed by atoms with Crippen LogP contribution in [-0.4, -0.2) is 9.97 Å². The summed E-state index contributed by atoms with van der Waals surface area (Å²) in [5.74, 6) is 0. The molecule has 0 aliphatic carbocycles. The van der Waals surface area contributed by atoms with Crippen LogP contribution in [-0.2, 0) is 0 Å². The van der Waals surface area contributed by atoms with E-state index in [1.807, 2.05) is 12.1 Å². The summed E-state index contributed by atoms with van der Waals surface area (Å²) in [6.45, 7) is 0. The normalized spacial score (nSPS) is 11.7. The van der Waals surface area contributed by atoms with E-state index in [4.69, 9.17) is 4.42 Å². The zero-order valence-electron chi connectivity index (χ0n) is 23.2. The van der Waals surface area contributed by atoms with Gasteiger partial charge < -0.3 is 4.42 Å². The van der Waals surface area contributed by atoms with E-state index in [9.17, 15) is 0 Å². The molecule has 0 amide bonds. The average molecular weight is 549 g/mol. The van der Waals surface area contributed by atoms with Gasteiger partial charge in [-0.2, -0.15) is 0 Å². The highest BCUT2D eigenvalue weighted by Gasteiger charge is 2.13. The van der Waals surface area contributed by atoms with Crippen LogP contribution in [0.3, 0.4) is 0 Å². The fraction of sp³-hybridized carbons (Fsp3) is 0. The van der Waals surface area contributed by atoms with Gasteiger partial charge in [0.25, 0.3) is 0 Å². The number of fused-ring (bicyclic) bond motifs is 9. The molecule has 0 saturated carbocycles. The molecular weight excluding hydrogens is 524 g/mol. The van der Waals surface area contributed by atoms with Crippen LogP contribution in [0.2, 0.25) is 0 Å². The van der Waals surface area contributed by atoms with Gasteiger partial charge in [-0.05, 0) is 50.7 Å². The van der Waals surface area contributed by atoms with Crippen LogP contribution in [0, 0.1) is 0 Å². The monoisotopic (exact) mass is 548 g/mol. The van der Waals surface area contributed by atoms with Crippen molar-refractivity contribution in [1.82, 2.24) is 9.97 Å². The second-order valence-electron chi connectivity index (χ2n) is 11.0. The molecule has 9 aromatic rings. The Morgan fingerprint density at radius 2 is 0.907 bits per heavy atom. The Bertz CT molecular complexity index is 2450. The first-order valence-corrected chi connectivity index (χ1v) is 14.5. The van der Waals surface area contributed by atoms with E-state index >= 15 is 0 Å². The zero-order valence-corrected chi connectivity index (χ0v) is 23.2. The molecule has 0 saturated heterocycles. The summed E-state index contributed by atoms with van der Waals surface area (Å²) in [5, 5.41) is 6.95. The standard InChI is InChI=1S/C40H24N2O/c1-2-8-33-31(6-1)36-24-29(20-21-34(36)39-38(33)41-22-23-42-39)27-14-12-25(13-15-27)26-16-18-28(19-17-26)30-9-5-10-35-32-7-3-4-11-37(32)43-40(30)35/h1-24H. The van der Waals surface area contributed by atoms with Crippen molar-refractivity contribution in [3.63, 3.8) is 0 Å². The van der Waals surface area contributed by atoms with Gasteiger partial charge in [0.1, 0.15) is 11.2 Å². The van der Waals surface area contributed by atoms with Crippen molar-refractivity contribution in [1.29, 1.82) is 0 Å². The number of aromatic nitrogens is 2. The number of hydrogen-bond donors (Lipinski definition) is 0. The Kier molecular flexibility index (Phi) is 5.20. The van der Waals surface area contributed by atoms with Crippen molar-refractivity contribution in [2.24, 2.45) is 0 Å². The molecule has 0 radical (unpaired) electrons. The lowest BCUT2D eigenvalue weighted by atomic mass is 9.94. The van der Waals surface area contributed by atoms with Gasteiger partial charge in [-0.1, -0.05) is 121 Å². The molecule has 0 fully saturated rings. The second-order valence-corrected chi connectivity index (χ2v) is 11.0. The van der Waals surface area contributed by atoms with Crippen molar-refractivity contribution in [3.8, 4) is 33.4 Å². The fourth-order valence-electron chi connectivity index (χ4n) is 6.48. The molecule has 2 heterocycles. The predicted molar refractivity (Wildman–Crippen MR) is 178 cm³/mol. The van der Waals surface area contributed by atoms with Crippen molar-refractivity contribution in [2.75, 3.05) is 0 Å². The van der Waals surface area contributed by atoms with Gasteiger partial charge in [-0.25, -0.2) is 0 Å². The largest absolute Gasteiger partial charge is 0.455 e. The van der Waals surface area contributed by atoms with Crippen LogP contribution in [0.15, 0.2) is 150 Å². The Balaban J connectivity index is 1.07. The second kappa shape index (κ2) is 9.37. The Morgan fingerprint density at radius 1 is 0.372 bits per heavy atom. The molecule has 0 N–H and O–H groups in total. The topological polar surface area (TPSA) is 38.9 Å². The predicted octanol–water partition coefficient (Wildman–Crippen LogP) is 10.8. The summed E-state index contributed by atoms with van der Waals surface area (Å²) in [4.78, 5) is 9.35. The number of rotatable bonds is 3. The van der Waals surface area contributed by atoms with Gasteiger partial charge >= 0.3 is 0 Å². The Hall–Kier alpha value is -5.80. The summed E-state index contributed by atoms with van der Waals surface area (Å²) >= 11 is 0. The maximum atomic E-state index is 6.27. The van der Waals surface area contributed by atoms with E-state index in [-0.39, 0.29) is 0 Å². The van der Waals surface area contributed by atoms with Crippen LogP contribution in [0.4, 0.5) is 0 Å². The lowest BCUT2D eigenvalue weighted by Gasteiger charge is -2.11. The summed E-state index contributed by atoms with van der Waals surface area (Å²) in [5.41, 5.74) is 10.7. The summed E-state index contributed by atoms with van der Waals surface area (Å²) in [6.07, 6.45) is 3.54. The maximum absolute atomic E-state index is 6.27. The van der Waals surface area contributed by atoms with E-state index in [1.54, 1.807) is 12.4 Å². The number of para-hydroxylation sites is 2. The SMILES string of the molecule is c1ccc2c(c1)oc1c(-c3ccc(-c4ccc(-c5ccc6c(c5)c5ccccc5c5nccnc65)cc4)cc3)cccc12. The van der Waals surface area contributed by atoms with Crippen LogP contribution in [0.5, 0.6) is 0 Å². The minimum absolute atomic E-state index is 0.920. The first kappa shape index (κ1) is 23.9. The number of hydrogen-bond acceptors (Lipinski definition) is 3. The third-order valence-electron chi connectivity index (χ3n) is 8.60. The van der Waals surface area contributed by atoms with Crippen LogP contribution in [0.25, 0.3) is 87.9 Å². The fourth-order valence-corrected chi connectivity index (χ4v) is 6.48. The van der Waals surface area contributed by atoms with Crippen LogP contribution in [0.1, 0.15) is 0 Å². The highest BCUT2D eigenvalue weighted by Crippen LogP contribution is 2.38. The van der Waals surface area contributed by atoms with E-state index in [2.05, 4.69) is 131 Å². The molecule has 200 valence electrons. The molecular formula is C40H24N2O. The van der Waals surface area contributed by atoms with Crippen molar-refractivity contribution < 1.29 is 4.42 Å². The summed E-state index contributed by atoms with van der Waals surface area (Å²) in [6, 6.07) is 47.3. The lowest BCUT2D eigenvalue weighted by Crippen LogP contribution is -1.89. The first-order chi connectivity index (χ1) is 21.3. The average Bonchev–Trinajstić information content (AvgIpc) is 3.47. The molecule has 3 heteroatoms. The number of furan rings is 1. The van der Waals surface area contributed by atoms with Gasteiger partial charge in [-0.3, -0.25) is 9.97 Å². The molecule has 3 nitrogen and oxygen atoms in total. The maximum Gasteiger partial charge on any atom is 0.143 e. The summed E-state index contributed by atoms with van der Waals surface area (Å²) in [7, 11) is 0.